The van der Waals surface area contributed by atoms with Crippen LogP contribution in [0.15, 0.2) is 46.0 Å². The zero-order chi connectivity index (χ0) is 15.6. The van der Waals surface area contributed by atoms with Crippen LogP contribution in [0.25, 0.3) is 0 Å². The number of hydrogen-bond acceptors (Lipinski definition) is 4. The Morgan fingerprint density at radius 2 is 1.95 bits per heavy atom. The maximum absolute atomic E-state index is 12.5. The van der Waals surface area contributed by atoms with Crippen molar-refractivity contribution >= 4 is 38.6 Å². The maximum Gasteiger partial charge on any atom is 0.252 e. The summed E-state index contributed by atoms with van der Waals surface area (Å²) in [6.45, 7) is 1.08. The Morgan fingerprint density at radius 1 is 1.18 bits per heavy atom. The molecule has 7 heteroatoms. The van der Waals surface area contributed by atoms with Crippen LogP contribution in [0.5, 0.6) is 0 Å². The zero-order valence-electron chi connectivity index (χ0n) is 11.9. The second-order valence-corrected chi connectivity index (χ2v) is 8.81. The van der Waals surface area contributed by atoms with Crippen LogP contribution in [0.2, 0.25) is 5.02 Å². The first-order chi connectivity index (χ1) is 10.6. The van der Waals surface area contributed by atoms with E-state index in [0.717, 1.165) is 18.5 Å². The Hall–Kier alpha value is -1.08. The fourth-order valence-electron chi connectivity index (χ4n) is 2.59. The van der Waals surface area contributed by atoms with Crippen molar-refractivity contribution in [1.29, 1.82) is 0 Å². The Labute approximate surface area is 139 Å². The molecule has 1 aliphatic heterocycles. The Kier molecular flexibility index (Phi) is 4.73. The number of hydrogen-bond donors (Lipinski definition) is 1. The second-order valence-electron chi connectivity index (χ2n) is 5.27. The predicted octanol–water partition coefficient (Wildman–Crippen LogP) is 3.67. The van der Waals surface area contributed by atoms with E-state index in [2.05, 4.69) is 5.32 Å². The van der Waals surface area contributed by atoms with E-state index in [1.165, 1.54) is 11.3 Å². The topological polar surface area (TPSA) is 49.4 Å². The largest absolute Gasteiger partial charge is 0.382 e. The van der Waals surface area contributed by atoms with Crippen LogP contribution in [-0.4, -0.2) is 31.9 Å². The minimum absolute atomic E-state index is 0.272. The molecule has 0 amide bonds. The number of piperidine rings is 1. The maximum atomic E-state index is 12.5. The molecule has 0 unspecified atom stereocenters. The van der Waals surface area contributed by atoms with E-state index in [-0.39, 0.29) is 6.04 Å². The van der Waals surface area contributed by atoms with Crippen molar-refractivity contribution in [2.24, 2.45) is 0 Å². The summed E-state index contributed by atoms with van der Waals surface area (Å²) < 4.78 is 26.9. The van der Waals surface area contributed by atoms with Crippen molar-refractivity contribution in [2.45, 2.75) is 23.1 Å². The van der Waals surface area contributed by atoms with Gasteiger partial charge in [0.15, 0.2) is 0 Å². The van der Waals surface area contributed by atoms with Crippen molar-refractivity contribution < 1.29 is 8.42 Å². The first-order valence-corrected chi connectivity index (χ1v) is 9.81. The van der Waals surface area contributed by atoms with Crippen LogP contribution in [0, 0.1) is 0 Å². The lowest BCUT2D eigenvalue weighted by molar-refractivity contribution is 0.330. The normalized spacial score (nSPS) is 17.5. The Balaban J connectivity index is 1.61. The molecular weight excluding hydrogens is 340 g/mol. The number of thiophene rings is 1. The second kappa shape index (κ2) is 6.58. The van der Waals surface area contributed by atoms with Crippen molar-refractivity contribution in [3.05, 3.63) is 46.8 Å². The molecule has 1 N–H and O–H groups in total. The van der Waals surface area contributed by atoms with Gasteiger partial charge in [-0.05, 0) is 42.5 Å². The summed E-state index contributed by atoms with van der Waals surface area (Å²) in [7, 11) is -3.32. The molecule has 0 bridgehead atoms. The molecule has 1 aromatic carbocycles. The summed E-state index contributed by atoms with van der Waals surface area (Å²) in [5.41, 5.74) is 0.979. The number of rotatable bonds is 4. The summed E-state index contributed by atoms with van der Waals surface area (Å²) in [6.07, 6.45) is 1.58. The molecule has 2 aromatic rings. The molecule has 3 rings (SSSR count). The lowest BCUT2D eigenvalue weighted by Crippen LogP contribution is -2.42. The van der Waals surface area contributed by atoms with Crippen molar-refractivity contribution in [2.75, 3.05) is 18.4 Å². The van der Waals surface area contributed by atoms with Gasteiger partial charge in [-0.2, -0.15) is 4.31 Å². The monoisotopic (exact) mass is 356 g/mol. The van der Waals surface area contributed by atoms with Gasteiger partial charge in [0.05, 0.1) is 0 Å². The highest BCUT2D eigenvalue weighted by Gasteiger charge is 2.29. The molecule has 1 fully saturated rings. The molecule has 0 atom stereocenters. The van der Waals surface area contributed by atoms with Crippen molar-refractivity contribution in [1.82, 2.24) is 4.31 Å². The van der Waals surface area contributed by atoms with Gasteiger partial charge in [0, 0.05) is 29.8 Å². The molecule has 0 spiro atoms. The quantitative estimate of drug-likeness (QED) is 0.909. The molecular formula is C15H17ClN2O2S2. The predicted molar refractivity (Wildman–Crippen MR) is 91.2 cm³/mol. The van der Waals surface area contributed by atoms with E-state index in [1.54, 1.807) is 21.8 Å². The number of benzene rings is 1. The third kappa shape index (κ3) is 3.46. The van der Waals surface area contributed by atoms with Crippen LogP contribution in [0.3, 0.4) is 0 Å². The third-order valence-corrected chi connectivity index (χ3v) is 7.25. The fraction of sp³-hybridized carbons (Fsp3) is 0.333. The van der Waals surface area contributed by atoms with E-state index >= 15 is 0 Å². The first-order valence-electron chi connectivity index (χ1n) is 7.11. The molecule has 0 aliphatic carbocycles. The Bertz CT molecular complexity index is 724. The molecule has 1 aromatic heterocycles. The molecule has 1 saturated heterocycles. The molecule has 1 aliphatic rings. The highest BCUT2D eigenvalue weighted by atomic mass is 35.5. The standard InChI is InChI=1S/C15H17ClN2O2S2/c16-12-3-1-4-14(11-12)17-13-6-8-18(9-7-13)22(19,20)15-5-2-10-21-15/h1-5,10-11,13,17H,6-9H2. The van der Waals surface area contributed by atoms with Gasteiger partial charge in [0.1, 0.15) is 4.21 Å². The molecule has 118 valence electrons. The van der Waals surface area contributed by atoms with E-state index in [1.807, 2.05) is 24.3 Å². The van der Waals surface area contributed by atoms with Gasteiger partial charge in [0.2, 0.25) is 0 Å². The molecule has 4 nitrogen and oxygen atoms in total. The van der Waals surface area contributed by atoms with Gasteiger partial charge in [-0.3, -0.25) is 0 Å². The zero-order valence-corrected chi connectivity index (χ0v) is 14.3. The van der Waals surface area contributed by atoms with Crippen molar-refractivity contribution in [3.8, 4) is 0 Å². The lowest BCUT2D eigenvalue weighted by atomic mass is 10.1. The molecule has 0 saturated carbocycles. The van der Waals surface area contributed by atoms with Gasteiger partial charge >= 0.3 is 0 Å². The van der Waals surface area contributed by atoms with Crippen LogP contribution < -0.4 is 5.32 Å². The number of sulfonamides is 1. The van der Waals surface area contributed by atoms with Crippen LogP contribution in [0.1, 0.15) is 12.8 Å². The van der Waals surface area contributed by atoms with Crippen LogP contribution >= 0.6 is 22.9 Å². The van der Waals surface area contributed by atoms with Gasteiger partial charge in [0.25, 0.3) is 10.0 Å². The molecule has 0 radical (unpaired) electrons. The third-order valence-electron chi connectivity index (χ3n) is 3.74. The van der Waals surface area contributed by atoms with Gasteiger partial charge in [-0.25, -0.2) is 8.42 Å². The van der Waals surface area contributed by atoms with E-state index in [9.17, 15) is 8.42 Å². The highest BCUT2D eigenvalue weighted by molar-refractivity contribution is 7.91. The van der Waals surface area contributed by atoms with Crippen LogP contribution in [0.4, 0.5) is 5.69 Å². The van der Waals surface area contributed by atoms with Gasteiger partial charge in [-0.15, -0.1) is 11.3 Å². The number of anilines is 1. The van der Waals surface area contributed by atoms with Crippen molar-refractivity contribution in [3.63, 3.8) is 0 Å². The average Bonchev–Trinajstić information content (AvgIpc) is 3.03. The Morgan fingerprint density at radius 3 is 2.59 bits per heavy atom. The number of nitrogens with one attached hydrogen (secondary N) is 1. The van der Waals surface area contributed by atoms with Crippen LogP contribution in [-0.2, 0) is 10.0 Å². The first kappa shape index (κ1) is 15.8. The number of nitrogens with zero attached hydrogens (tertiary/aromatic N) is 1. The SMILES string of the molecule is O=S(=O)(c1cccs1)N1CCC(Nc2cccc(Cl)c2)CC1. The minimum Gasteiger partial charge on any atom is -0.382 e. The summed E-state index contributed by atoms with van der Waals surface area (Å²) in [5, 5.41) is 5.91. The average molecular weight is 357 g/mol. The lowest BCUT2D eigenvalue weighted by Gasteiger charge is -2.31. The number of halogens is 1. The smallest absolute Gasteiger partial charge is 0.252 e. The molecule has 22 heavy (non-hydrogen) atoms. The summed E-state index contributed by atoms with van der Waals surface area (Å²) >= 11 is 7.24. The molecule has 2 heterocycles. The minimum atomic E-state index is -3.32. The fourth-order valence-corrected chi connectivity index (χ4v) is 5.40. The highest BCUT2D eigenvalue weighted by Crippen LogP contribution is 2.25. The van der Waals surface area contributed by atoms with E-state index < -0.39 is 10.0 Å². The van der Waals surface area contributed by atoms with E-state index in [4.69, 9.17) is 11.6 Å². The summed E-state index contributed by atoms with van der Waals surface area (Å²) in [6, 6.07) is 11.3. The summed E-state index contributed by atoms with van der Waals surface area (Å²) in [5.74, 6) is 0. The summed E-state index contributed by atoms with van der Waals surface area (Å²) in [4.78, 5) is 0. The van der Waals surface area contributed by atoms with E-state index in [0.29, 0.717) is 22.3 Å². The van der Waals surface area contributed by atoms with Gasteiger partial charge < -0.3 is 5.32 Å². The van der Waals surface area contributed by atoms with Gasteiger partial charge in [-0.1, -0.05) is 23.7 Å².